The summed E-state index contributed by atoms with van der Waals surface area (Å²) in [5.74, 6) is -0.285. The first-order valence-corrected chi connectivity index (χ1v) is 8.00. The minimum atomic E-state index is -0.247. The number of carbonyl (C=O) groups is 1. The quantitative estimate of drug-likeness (QED) is 0.835. The van der Waals surface area contributed by atoms with Crippen LogP contribution in [-0.4, -0.2) is 12.5 Å². The Balaban J connectivity index is 1.69. The van der Waals surface area contributed by atoms with Crippen LogP contribution >= 0.6 is 27.3 Å². The molecule has 0 saturated heterocycles. The third kappa shape index (κ3) is 4.72. The zero-order chi connectivity index (χ0) is 14.4. The number of aryl methyl sites for hydroxylation is 1. The van der Waals surface area contributed by atoms with Crippen LogP contribution in [0.25, 0.3) is 0 Å². The molecule has 0 radical (unpaired) electrons. The number of carbonyl (C=O) groups excluding carboxylic acids is 1. The van der Waals surface area contributed by atoms with E-state index in [2.05, 4.69) is 21.2 Å². The van der Waals surface area contributed by atoms with E-state index >= 15 is 0 Å². The average molecular weight is 356 g/mol. The second-order valence-corrected chi connectivity index (χ2v) is 6.94. The minimum absolute atomic E-state index is 0.0381. The molecule has 0 aliphatic carbocycles. The van der Waals surface area contributed by atoms with E-state index in [9.17, 15) is 9.18 Å². The van der Waals surface area contributed by atoms with Crippen LogP contribution in [0.3, 0.4) is 0 Å². The first kappa shape index (κ1) is 15.2. The van der Waals surface area contributed by atoms with Crippen molar-refractivity contribution in [2.24, 2.45) is 0 Å². The predicted molar refractivity (Wildman–Crippen MR) is 83.5 cm³/mol. The topological polar surface area (TPSA) is 29.1 Å². The highest BCUT2D eigenvalue weighted by atomic mass is 79.9. The standard InChI is InChI=1S/C15H15BrFNOS/c16-14-7-6-12(20-14)9-10-18-15(19)8-5-11-3-1-2-4-13(11)17/h1-4,6-7H,5,8-10H2,(H,18,19). The van der Waals surface area contributed by atoms with Gasteiger partial charge >= 0.3 is 0 Å². The van der Waals surface area contributed by atoms with E-state index in [4.69, 9.17) is 0 Å². The summed E-state index contributed by atoms with van der Waals surface area (Å²) >= 11 is 5.07. The maximum Gasteiger partial charge on any atom is 0.220 e. The fourth-order valence-corrected chi connectivity index (χ4v) is 3.33. The fraction of sp³-hybridized carbons (Fsp3) is 0.267. The highest BCUT2D eigenvalue weighted by Gasteiger charge is 2.05. The van der Waals surface area contributed by atoms with Gasteiger partial charge in [-0.05, 0) is 52.5 Å². The molecule has 1 heterocycles. The molecule has 1 aromatic carbocycles. The second kappa shape index (κ2) is 7.55. The van der Waals surface area contributed by atoms with Gasteiger partial charge in [0.15, 0.2) is 0 Å². The molecule has 20 heavy (non-hydrogen) atoms. The van der Waals surface area contributed by atoms with Crippen molar-refractivity contribution in [2.45, 2.75) is 19.3 Å². The van der Waals surface area contributed by atoms with E-state index in [1.54, 1.807) is 29.5 Å². The van der Waals surface area contributed by atoms with E-state index in [1.165, 1.54) is 10.9 Å². The van der Waals surface area contributed by atoms with Crippen molar-refractivity contribution in [3.63, 3.8) is 0 Å². The van der Waals surface area contributed by atoms with Crippen molar-refractivity contribution >= 4 is 33.2 Å². The predicted octanol–water partition coefficient (Wildman–Crippen LogP) is 3.94. The zero-order valence-corrected chi connectivity index (χ0v) is 13.3. The molecule has 2 rings (SSSR count). The second-order valence-electron chi connectivity index (χ2n) is 4.40. The first-order chi connectivity index (χ1) is 9.65. The minimum Gasteiger partial charge on any atom is -0.356 e. The summed E-state index contributed by atoms with van der Waals surface area (Å²) < 4.78 is 14.5. The molecule has 1 amide bonds. The highest BCUT2D eigenvalue weighted by molar-refractivity contribution is 9.11. The smallest absolute Gasteiger partial charge is 0.220 e. The molecule has 0 saturated carbocycles. The van der Waals surface area contributed by atoms with Crippen LogP contribution in [-0.2, 0) is 17.6 Å². The molecule has 0 fully saturated rings. The van der Waals surface area contributed by atoms with E-state index in [1.807, 2.05) is 12.1 Å². The largest absolute Gasteiger partial charge is 0.356 e. The molecule has 5 heteroatoms. The molecular formula is C15H15BrFNOS. The van der Waals surface area contributed by atoms with Crippen LogP contribution in [0.5, 0.6) is 0 Å². The number of hydrogen-bond acceptors (Lipinski definition) is 2. The Morgan fingerprint density at radius 1 is 1.20 bits per heavy atom. The van der Waals surface area contributed by atoms with Crippen molar-refractivity contribution in [1.29, 1.82) is 0 Å². The molecule has 1 aromatic heterocycles. The number of thiophene rings is 1. The lowest BCUT2D eigenvalue weighted by atomic mass is 10.1. The first-order valence-electron chi connectivity index (χ1n) is 6.39. The third-order valence-electron chi connectivity index (χ3n) is 2.90. The number of benzene rings is 1. The molecule has 2 aromatic rings. The molecule has 0 spiro atoms. The Hall–Kier alpha value is -1.20. The summed E-state index contributed by atoms with van der Waals surface area (Å²) in [6.07, 6.45) is 1.57. The Labute approximate surface area is 130 Å². The van der Waals surface area contributed by atoms with Crippen LogP contribution in [0.4, 0.5) is 4.39 Å². The molecule has 1 N–H and O–H groups in total. The molecule has 0 aliphatic rings. The summed E-state index contributed by atoms with van der Waals surface area (Å²) in [4.78, 5) is 12.9. The van der Waals surface area contributed by atoms with Gasteiger partial charge in [-0.2, -0.15) is 0 Å². The van der Waals surface area contributed by atoms with E-state index in [-0.39, 0.29) is 11.7 Å². The van der Waals surface area contributed by atoms with Gasteiger partial charge < -0.3 is 5.32 Å². The van der Waals surface area contributed by atoms with Gasteiger partial charge in [-0.25, -0.2) is 4.39 Å². The van der Waals surface area contributed by atoms with Gasteiger partial charge in [-0.1, -0.05) is 18.2 Å². The van der Waals surface area contributed by atoms with Crippen LogP contribution < -0.4 is 5.32 Å². The Morgan fingerprint density at radius 2 is 2.00 bits per heavy atom. The van der Waals surface area contributed by atoms with Gasteiger partial charge in [-0.15, -0.1) is 11.3 Å². The van der Waals surface area contributed by atoms with E-state index in [0.717, 1.165) is 10.2 Å². The average Bonchev–Trinajstić information content (AvgIpc) is 2.83. The Morgan fingerprint density at radius 3 is 2.70 bits per heavy atom. The number of rotatable bonds is 6. The lowest BCUT2D eigenvalue weighted by molar-refractivity contribution is -0.121. The van der Waals surface area contributed by atoms with Crippen LogP contribution in [0.2, 0.25) is 0 Å². The molecule has 0 aliphatic heterocycles. The normalized spacial score (nSPS) is 10.5. The number of hydrogen-bond donors (Lipinski definition) is 1. The van der Waals surface area contributed by atoms with Crippen molar-refractivity contribution in [3.05, 3.63) is 56.4 Å². The van der Waals surface area contributed by atoms with Crippen LogP contribution in [0.1, 0.15) is 16.9 Å². The molecule has 2 nitrogen and oxygen atoms in total. The summed E-state index contributed by atoms with van der Waals surface area (Å²) in [7, 11) is 0. The number of amides is 1. The van der Waals surface area contributed by atoms with Gasteiger partial charge in [0.1, 0.15) is 5.82 Å². The number of halogens is 2. The van der Waals surface area contributed by atoms with Crippen molar-refractivity contribution in [2.75, 3.05) is 6.54 Å². The van der Waals surface area contributed by atoms with Gasteiger partial charge in [0, 0.05) is 17.8 Å². The van der Waals surface area contributed by atoms with Gasteiger partial charge in [-0.3, -0.25) is 4.79 Å². The fourth-order valence-electron chi connectivity index (χ4n) is 1.85. The summed E-state index contributed by atoms with van der Waals surface area (Å²) in [6, 6.07) is 10.6. The maximum absolute atomic E-state index is 13.4. The Kier molecular flexibility index (Phi) is 5.73. The zero-order valence-electron chi connectivity index (χ0n) is 10.9. The van der Waals surface area contributed by atoms with E-state index < -0.39 is 0 Å². The SMILES string of the molecule is O=C(CCc1ccccc1F)NCCc1ccc(Br)s1. The lowest BCUT2D eigenvalue weighted by Gasteiger charge is -2.05. The van der Waals surface area contributed by atoms with Crippen molar-refractivity contribution < 1.29 is 9.18 Å². The summed E-state index contributed by atoms with van der Waals surface area (Å²) in [5, 5.41) is 2.86. The molecule has 0 unspecified atom stereocenters. The van der Waals surface area contributed by atoms with Gasteiger partial charge in [0.25, 0.3) is 0 Å². The summed E-state index contributed by atoms with van der Waals surface area (Å²) in [5.41, 5.74) is 0.588. The molecule has 0 bridgehead atoms. The van der Waals surface area contributed by atoms with Crippen LogP contribution in [0, 0.1) is 5.82 Å². The van der Waals surface area contributed by atoms with Crippen molar-refractivity contribution in [3.8, 4) is 0 Å². The maximum atomic E-state index is 13.4. The highest BCUT2D eigenvalue weighted by Crippen LogP contribution is 2.22. The molecule has 0 atom stereocenters. The third-order valence-corrected chi connectivity index (χ3v) is 4.59. The monoisotopic (exact) mass is 355 g/mol. The Bertz CT molecular complexity index is 585. The summed E-state index contributed by atoms with van der Waals surface area (Å²) in [6.45, 7) is 0.614. The van der Waals surface area contributed by atoms with E-state index in [0.29, 0.717) is 24.9 Å². The lowest BCUT2D eigenvalue weighted by Crippen LogP contribution is -2.25. The van der Waals surface area contributed by atoms with Gasteiger partial charge in [0.2, 0.25) is 5.91 Å². The van der Waals surface area contributed by atoms with Crippen LogP contribution in [0.15, 0.2) is 40.2 Å². The van der Waals surface area contributed by atoms with Crippen molar-refractivity contribution in [1.82, 2.24) is 5.32 Å². The number of nitrogens with one attached hydrogen (secondary N) is 1. The van der Waals surface area contributed by atoms with Gasteiger partial charge in [0.05, 0.1) is 3.79 Å². The molecule has 106 valence electrons. The molecular weight excluding hydrogens is 341 g/mol.